The minimum Gasteiger partial charge on any atom is -0.368 e. The number of carbonyl (C=O) groups is 1. The second-order valence-electron chi connectivity index (χ2n) is 7.64. The molecule has 146 valence electrons. The molecule has 6 heteroatoms. The normalized spacial score (nSPS) is 14.7. The van der Waals surface area contributed by atoms with Crippen molar-refractivity contribution in [2.45, 2.75) is 6.92 Å². The van der Waals surface area contributed by atoms with Crippen LogP contribution in [0.5, 0.6) is 0 Å². The Bertz CT molecular complexity index is 1220. The van der Waals surface area contributed by atoms with E-state index >= 15 is 0 Å². The minimum absolute atomic E-state index is 0.0880. The molecule has 3 heterocycles. The number of aryl methyl sites for hydroxylation is 1. The van der Waals surface area contributed by atoms with E-state index in [4.69, 9.17) is 0 Å². The summed E-state index contributed by atoms with van der Waals surface area (Å²) in [5.74, 6) is 0.0880. The van der Waals surface area contributed by atoms with Gasteiger partial charge in [-0.05, 0) is 31.2 Å². The van der Waals surface area contributed by atoms with Crippen LogP contribution in [0.1, 0.15) is 17.3 Å². The van der Waals surface area contributed by atoms with Gasteiger partial charge in [0.2, 0.25) is 0 Å². The highest BCUT2D eigenvalue weighted by Gasteiger charge is 2.20. The van der Waals surface area contributed by atoms with Gasteiger partial charge in [-0.1, -0.05) is 12.1 Å². The number of fused-ring (bicyclic) bond motifs is 2. The molecule has 1 aliphatic rings. The SMILES string of the molecule is CC(=O)c1ccc2cncc(N3CCN(c4ccc5cnn(C)c5c4)CC3)c2c1. The van der Waals surface area contributed by atoms with Crippen LogP contribution in [-0.2, 0) is 7.05 Å². The third-order valence-corrected chi connectivity index (χ3v) is 5.86. The van der Waals surface area contributed by atoms with Gasteiger partial charge < -0.3 is 9.80 Å². The summed E-state index contributed by atoms with van der Waals surface area (Å²) in [6.07, 6.45) is 5.69. The van der Waals surface area contributed by atoms with E-state index < -0.39 is 0 Å². The second kappa shape index (κ2) is 6.88. The molecule has 0 atom stereocenters. The van der Waals surface area contributed by atoms with Crippen LogP contribution in [0.4, 0.5) is 11.4 Å². The van der Waals surface area contributed by atoms with E-state index in [1.807, 2.05) is 48.5 Å². The molecule has 0 amide bonds. The molecule has 0 saturated carbocycles. The van der Waals surface area contributed by atoms with Gasteiger partial charge in [-0.2, -0.15) is 5.10 Å². The Labute approximate surface area is 169 Å². The molecule has 0 spiro atoms. The molecule has 0 bridgehead atoms. The number of hydrogen-bond donors (Lipinski definition) is 0. The zero-order chi connectivity index (χ0) is 20.0. The van der Waals surface area contributed by atoms with Crippen molar-refractivity contribution in [2.24, 2.45) is 7.05 Å². The summed E-state index contributed by atoms with van der Waals surface area (Å²) >= 11 is 0. The van der Waals surface area contributed by atoms with Crippen LogP contribution < -0.4 is 9.80 Å². The van der Waals surface area contributed by atoms with Crippen LogP contribution in [0.15, 0.2) is 55.0 Å². The van der Waals surface area contributed by atoms with E-state index in [-0.39, 0.29) is 5.78 Å². The van der Waals surface area contributed by atoms with Gasteiger partial charge in [-0.25, -0.2) is 0 Å². The molecule has 0 N–H and O–H groups in total. The fourth-order valence-corrected chi connectivity index (χ4v) is 4.15. The first-order chi connectivity index (χ1) is 14.1. The van der Waals surface area contributed by atoms with Crippen LogP contribution in [0.25, 0.3) is 21.7 Å². The third-order valence-electron chi connectivity index (χ3n) is 5.86. The predicted octanol–water partition coefficient (Wildman–Crippen LogP) is 3.65. The molecule has 1 fully saturated rings. The lowest BCUT2D eigenvalue weighted by atomic mass is 10.0. The van der Waals surface area contributed by atoms with Crippen LogP contribution in [-0.4, -0.2) is 46.7 Å². The van der Waals surface area contributed by atoms with Crippen molar-refractivity contribution in [1.29, 1.82) is 0 Å². The van der Waals surface area contributed by atoms with E-state index in [0.29, 0.717) is 0 Å². The largest absolute Gasteiger partial charge is 0.368 e. The summed E-state index contributed by atoms with van der Waals surface area (Å²) in [7, 11) is 1.98. The van der Waals surface area contributed by atoms with Gasteiger partial charge in [0, 0.05) is 66.8 Å². The maximum atomic E-state index is 11.8. The Morgan fingerprint density at radius 1 is 0.897 bits per heavy atom. The first kappa shape index (κ1) is 17.7. The van der Waals surface area contributed by atoms with Gasteiger partial charge in [-0.15, -0.1) is 0 Å². The molecule has 5 rings (SSSR count). The molecular weight excluding hydrogens is 362 g/mol. The molecule has 4 aromatic rings. The molecule has 1 saturated heterocycles. The lowest BCUT2D eigenvalue weighted by molar-refractivity contribution is 0.101. The summed E-state index contributed by atoms with van der Waals surface area (Å²) in [5.41, 5.74) is 4.23. The Morgan fingerprint density at radius 2 is 1.66 bits per heavy atom. The predicted molar refractivity (Wildman–Crippen MR) is 117 cm³/mol. The van der Waals surface area contributed by atoms with Gasteiger partial charge in [0.05, 0.1) is 23.6 Å². The Hall–Kier alpha value is -3.41. The average Bonchev–Trinajstić information content (AvgIpc) is 3.13. The quantitative estimate of drug-likeness (QED) is 0.504. The summed E-state index contributed by atoms with van der Waals surface area (Å²) in [5, 5.41) is 7.67. The number of Topliss-reactive ketones (excluding diaryl/α,β-unsaturated/α-hetero) is 1. The van der Waals surface area contributed by atoms with Gasteiger partial charge in [0.1, 0.15) is 0 Å². The topological polar surface area (TPSA) is 54.3 Å². The average molecular weight is 385 g/mol. The molecular formula is C23H23N5O. The summed E-state index contributed by atoms with van der Waals surface area (Å²) in [4.78, 5) is 21.1. The number of aromatic nitrogens is 3. The van der Waals surface area contributed by atoms with Crippen molar-refractivity contribution in [1.82, 2.24) is 14.8 Å². The number of nitrogens with zero attached hydrogens (tertiary/aromatic N) is 5. The molecule has 6 nitrogen and oxygen atoms in total. The monoisotopic (exact) mass is 385 g/mol. The van der Waals surface area contributed by atoms with Crippen molar-refractivity contribution in [3.63, 3.8) is 0 Å². The third kappa shape index (κ3) is 3.10. The fourth-order valence-electron chi connectivity index (χ4n) is 4.15. The Kier molecular flexibility index (Phi) is 4.19. The second-order valence-corrected chi connectivity index (χ2v) is 7.64. The molecule has 1 aliphatic heterocycles. The van der Waals surface area contributed by atoms with Crippen molar-refractivity contribution in [3.8, 4) is 0 Å². The van der Waals surface area contributed by atoms with Crippen molar-refractivity contribution in [2.75, 3.05) is 36.0 Å². The van der Waals surface area contributed by atoms with E-state index in [2.05, 4.69) is 38.1 Å². The Balaban J connectivity index is 1.40. The zero-order valence-corrected chi connectivity index (χ0v) is 16.7. The number of carbonyl (C=O) groups excluding carboxylic acids is 1. The van der Waals surface area contributed by atoms with E-state index in [1.165, 1.54) is 5.69 Å². The number of piperazine rings is 1. The van der Waals surface area contributed by atoms with Crippen LogP contribution >= 0.6 is 0 Å². The number of hydrogen-bond acceptors (Lipinski definition) is 5. The van der Waals surface area contributed by atoms with Gasteiger partial charge in [0.15, 0.2) is 5.78 Å². The molecule has 0 unspecified atom stereocenters. The van der Waals surface area contributed by atoms with E-state index in [9.17, 15) is 4.79 Å². The standard InChI is InChI=1S/C23H23N5O/c1-16(29)17-3-4-18-13-24-15-23(21(18)11-17)28-9-7-27(8-10-28)20-6-5-19-14-25-26(2)22(19)12-20/h3-6,11-15H,7-10H2,1-2H3. The first-order valence-electron chi connectivity index (χ1n) is 9.90. The van der Waals surface area contributed by atoms with Crippen LogP contribution in [0, 0.1) is 0 Å². The first-order valence-corrected chi connectivity index (χ1v) is 9.90. The summed E-state index contributed by atoms with van der Waals surface area (Å²) in [6, 6.07) is 12.4. The smallest absolute Gasteiger partial charge is 0.159 e. The summed E-state index contributed by atoms with van der Waals surface area (Å²) in [6.45, 7) is 5.31. The number of benzene rings is 2. The van der Waals surface area contributed by atoms with Gasteiger partial charge >= 0.3 is 0 Å². The lowest BCUT2D eigenvalue weighted by Crippen LogP contribution is -2.46. The van der Waals surface area contributed by atoms with Gasteiger partial charge in [-0.3, -0.25) is 14.5 Å². The van der Waals surface area contributed by atoms with Crippen molar-refractivity contribution < 1.29 is 4.79 Å². The highest BCUT2D eigenvalue weighted by molar-refractivity contribution is 6.02. The molecule has 2 aromatic carbocycles. The maximum Gasteiger partial charge on any atom is 0.159 e. The van der Waals surface area contributed by atoms with Crippen molar-refractivity contribution in [3.05, 3.63) is 60.6 Å². The number of ketones is 1. The fraction of sp³-hybridized carbons (Fsp3) is 0.261. The highest BCUT2D eigenvalue weighted by Crippen LogP contribution is 2.29. The molecule has 0 aliphatic carbocycles. The van der Waals surface area contributed by atoms with Crippen LogP contribution in [0.2, 0.25) is 0 Å². The minimum atomic E-state index is 0.0880. The van der Waals surface area contributed by atoms with Gasteiger partial charge in [0.25, 0.3) is 0 Å². The van der Waals surface area contributed by atoms with E-state index in [1.54, 1.807) is 6.92 Å². The molecule has 29 heavy (non-hydrogen) atoms. The van der Waals surface area contributed by atoms with Crippen LogP contribution in [0.3, 0.4) is 0 Å². The number of rotatable bonds is 3. The van der Waals surface area contributed by atoms with E-state index in [0.717, 1.165) is 59.1 Å². The lowest BCUT2D eigenvalue weighted by Gasteiger charge is -2.37. The summed E-state index contributed by atoms with van der Waals surface area (Å²) < 4.78 is 1.92. The number of anilines is 2. The molecule has 0 radical (unpaired) electrons. The zero-order valence-electron chi connectivity index (χ0n) is 16.7. The Morgan fingerprint density at radius 3 is 2.45 bits per heavy atom. The van der Waals surface area contributed by atoms with Crippen molar-refractivity contribution >= 4 is 38.8 Å². The highest BCUT2D eigenvalue weighted by atomic mass is 16.1. The molecule has 2 aromatic heterocycles. The number of pyridine rings is 1. The maximum absolute atomic E-state index is 11.8.